The number of carbonyl (C=O) groups is 2. The lowest BCUT2D eigenvalue weighted by Gasteiger charge is -2.55. The summed E-state index contributed by atoms with van der Waals surface area (Å²) in [6.07, 6.45) is 3.56. The van der Waals surface area contributed by atoms with Crippen LogP contribution in [0, 0.1) is 23.6 Å². The molecule has 6 nitrogen and oxygen atoms in total. The summed E-state index contributed by atoms with van der Waals surface area (Å²) in [4.78, 5) is 25.7. The zero-order valence-corrected chi connectivity index (χ0v) is 18.0. The van der Waals surface area contributed by atoms with Gasteiger partial charge in [0.2, 0.25) is 5.91 Å². The Morgan fingerprint density at radius 3 is 2.88 bits per heavy atom. The minimum absolute atomic E-state index is 0.00935. The predicted octanol–water partition coefficient (Wildman–Crippen LogP) is 3.45. The summed E-state index contributed by atoms with van der Waals surface area (Å²) < 4.78 is 25.5. The second-order valence-electron chi connectivity index (χ2n) is 9.02. The van der Waals surface area contributed by atoms with Crippen molar-refractivity contribution in [3.8, 4) is 11.5 Å². The normalized spacial score (nSPS) is 27.9. The number of nitrogens with one attached hydrogen (secondary N) is 2. The number of methoxy groups -OCH3 is 1. The third kappa shape index (κ3) is 3.59. The Kier molecular flexibility index (Phi) is 5.27. The molecule has 2 amide bonds. The van der Waals surface area contributed by atoms with Gasteiger partial charge < -0.3 is 20.1 Å². The van der Waals surface area contributed by atoms with E-state index in [0.29, 0.717) is 48.4 Å². The van der Waals surface area contributed by atoms with Gasteiger partial charge in [-0.15, -0.1) is 0 Å². The highest BCUT2D eigenvalue weighted by Gasteiger charge is 2.57. The third-order valence-corrected chi connectivity index (χ3v) is 7.26. The van der Waals surface area contributed by atoms with Crippen molar-refractivity contribution in [2.75, 3.05) is 13.7 Å². The van der Waals surface area contributed by atoms with Crippen molar-refractivity contribution < 1.29 is 23.5 Å². The number of rotatable bonds is 5. The maximum absolute atomic E-state index is 13.8. The van der Waals surface area contributed by atoms with Crippen molar-refractivity contribution in [3.05, 3.63) is 59.4 Å². The summed E-state index contributed by atoms with van der Waals surface area (Å²) in [6.45, 7) is 0.402. The van der Waals surface area contributed by atoms with Gasteiger partial charge in [-0.25, -0.2) is 4.39 Å². The first-order valence-corrected chi connectivity index (χ1v) is 11.2. The van der Waals surface area contributed by atoms with Gasteiger partial charge in [0, 0.05) is 30.9 Å². The smallest absolute Gasteiger partial charge is 0.258 e. The SMILES string of the molecule is COc1ccc2c(c1)O[C@]1(C[C@@H]3CC[C@@H]1C[C@@H]3C(=O)NCCc1ccccc1F)NC2=O. The molecular formula is C25H27FN2O4. The van der Waals surface area contributed by atoms with Gasteiger partial charge in [0.25, 0.3) is 5.91 Å². The predicted molar refractivity (Wildman–Crippen MR) is 116 cm³/mol. The van der Waals surface area contributed by atoms with E-state index in [2.05, 4.69) is 10.6 Å². The average Bonchev–Trinajstić information content (AvgIpc) is 2.80. The molecule has 0 radical (unpaired) electrons. The summed E-state index contributed by atoms with van der Waals surface area (Å²) in [7, 11) is 1.58. The zero-order valence-electron chi connectivity index (χ0n) is 18.0. The van der Waals surface area contributed by atoms with E-state index in [1.54, 1.807) is 43.5 Å². The second kappa shape index (κ2) is 8.11. The van der Waals surface area contributed by atoms with Crippen LogP contribution in [0.4, 0.5) is 4.39 Å². The molecule has 7 heteroatoms. The molecule has 3 saturated carbocycles. The highest BCUT2D eigenvalue weighted by molar-refractivity contribution is 5.98. The summed E-state index contributed by atoms with van der Waals surface area (Å²) >= 11 is 0. The molecule has 0 unspecified atom stereocenters. The minimum atomic E-state index is -0.774. The fraction of sp³-hybridized carbons (Fsp3) is 0.440. The largest absolute Gasteiger partial charge is 0.497 e. The number of halogens is 1. The van der Waals surface area contributed by atoms with Crippen LogP contribution in [-0.4, -0.2) is 31.2 Å². The number of hydrogen-bond acceptors (Lipinski definition) is 4. The lowest BCUT2D eigenvalue weighted by atomic mass is 9.60. The van der Waals surface area contributed by atoms with Gasteiger partial charge in [-0.1, -0.05) is 18.2 Å². The molecule has 168 valence electrons. The van der Waals surface area contributed by atoms with Gasteiger partial charge in [0.1, 0.15) is 17.3 Å². The van der Waals surface area contributed by atoms with Gasteiger partial charge in [-0.2, -0.15) is 0 Å². The van der Waals surface area contributed by atoms with Crippen LogP contribution in [0.2, 0.25) is 0 Å². The van der Waals surface area contributed by atoms with Crippen LogP contribution in [-0.2, 0) is 11.2 Å². The van der Waals surface area contributed by atoms with Crippen LogP contribution >= 0.6 is 0 Å². The quantitative estimate of drug-likeness (QED) is 0.750. The topological polar surface area (TPSA) is 76.7 Å². The first kappa shape index (κ1) is 20.8. The maximum atomic E-state index is 13.8. The molecule has 3 aliphatic carbocycles. The fourth-order valence-corrected chi connectivity index (χ4v) is 5.59. The zero-order chi connectivity index (χ0) is 22.3. The highest BCUT2D eigenvalue weighted by atomic mass is 19.1. The van der Waals surface area contributed by atoms with Crippen molar-refractivity contribution in [1.29, 1.82) is 0 Å². The fourth-order valence-electron chi connectivity index (χ4n) is 5.59. The Morgan fingerprint density at radius 2 is 2.12 bits per heavy atom. The van der Waals surface area contributed by atoms with E-state index in [9.17, 15) is 14.0 Å². The lowest BCUT2D eigenvalue weighted by Crippen LogP contribution is -2.67. The summed E-state index contributed by atoms with van der Waals surface area (Å²) in [5, 5.41) is 6.11. The van der Waals surface area contributed by atoms with E-state index in [4.69, 9.17) is 9.47 Å². The molecular weight excluding hydrogens is 411 g/mol. The van der Waals surface area contributed by atoms with Crippen LogP contribution < -0.4 is 20.1 Å². The van der Waals surface area contributed by atoms with Crippen molar-refractivity contribution in [2.24, 2.45) is 17.8 Å². The first-order valence-electron chi connectivity index (χ1n) is 11.2. The summed E-state index contributed by atoms with van der Waals surface area (Å²) in [5.74, 6) is 0.851. The standard InChI is InChI=1S/C25H27FN2O4/c1-31-18-8-9-19-22(13-18)32-25(28-24(19)30)14-16-6-7-17(25)12-20(16)23(29)27-11-10-15-4-2-3-5-21(15)26/h2-5,8-9,13,16-17,20H,6-7,10-12,14H2,1H3,(H,27,29)(H,28,30)/t16-,17+,20-,25-/m0/s1. The molecule has 2 N–H and O–H groups in total. The Labute approximate surface area is 186 Å². The number of carbonyl (C=O) groups excluding carboxylic acids is 2. The summed E-state index contributed by atoms with van der Waals surface area (Å²) in [5.41, 5.74) is 0.327. The number of hydrogen-bond donors (Lipinski definition) is 2. The van der Waals surface area contributed by atoms with Crippen molar-refractivity contribution in [2.45, 2.75) is 37.8 Å². The minimum Gasteiger partial charge on any atom is -0.497 e. The monoisotopic (exact) mass is 438 g/mol. The third-order valence-electron chi connectivity index (χ3n) is 7.26. The van der Waals surface area contributed by atoms with E-state index < -0.39 is 5.72 Å². The molecule has 2 bridgehead atoms. The molecule has 4 atom stereocenters. The van der Waals surface area contributed by atoms with E-state index >= 15 is 0 Å². The molecule has 32 heavy (non-hydrogen) atoms. The van der Waals surface area contributed by atoms with Gasteiger partial charge in [0.05, 0.1) is 12.7 Å². The van der Waals surface area contributed by atoms with E-state index in [0.717, 1.165) is 12.8 Å². The van der Waals surface area contributed by atoms with Crippen LogP contribution in [0.1, 0.15) is 41.6 Å². The average molecular weight is 438 g/mol. The van der Waals surface area contributed by atoms with Gasteiger partial charge in [-0.3, -0.25) is 9.59 Å². The molecule has 0 aromatic heterocycles. The van der Waals surface area contributed by atoms with Gasteiger partial charge in [0.15, 0.2) is 5.72 Å². The van der Waals surface area contributed by atoms with E-state index in [1.165, 1.54) is 6.07 Å². The van der Waals surface area contributed by atoms with Crippen molar-refractivity contribution >= 4 is 11.8 Å². The molecule has 1 aliphatic heterocycles. The maximum Gasteiger partial charge on any atom is 0.258 e. The summed E-state index contributed by atoms with van der Waals surface area (Å²) in [6, 6.07) is 11.8. The molecule has 6 rings (SSSR count). The van der Waals surface area contributed by atoms with Gasteiger partial charge in [-0.05, 0) is 55.4 Å². The molecule has 1 heterocycles. The Hall–Kier alpha value is -3.09. The number of fused-ring (bicyclic) bond motifs is 3. The Balaban J connectivity index is 1.26. The molecule has 2 aromatic carbocycles. The van der Waals surface area contributed by atoms with E-state index in [-0.39, 0.29) is 35.4 Å². The molecule has 0 saturated heterocycles. The number of ether oxygens (including phenoxy) is 2. The Morgan fingerprint density at radius 1 is 1.28 bits per heavy atom. The van der Waals surface area contributed by atoms with Crippen LogP contribution in [0.3, 0.4) is 0 Å². The highest BCUT2D eigenvalue weighted by Crippen LogP contribution is 2.52. The van der Waals surface area contributed by atoms with Crippen LogP contribution in [0.15, 0.2) is 42.5 Å². The molecule has 4 aliphatic rings. The second-order valence-corrected chi connectivity index (χ2v) is 9.02. The molecule has 1 spiro atoms. The van der Waals surface area contributed by atoms with Gasteiger partial charge >= 0.3 is 0 Å². The lowest BCUT2D eigenvalue weighted by molar-refractivity contribution is -0.146. The van der Waals surface area contributed by atoms with Crippen molar-refractivity contribution in [3.63, 3.8) is 0 Å². The van der Waals surface area contributed by atoms with Crippen LogP contribution in [0.5, 0.6) is 11.5 Å². The number of benzene rings is 2. The molecule has 2 aromatic rings. The first-order chi connectivity index (χ1) is 15.5. The molecule has 3 fully saturated rings. The van der Waals surface area contributed by atoms with Crippen LogP contribution in [0.25, 0.3) is 0 Å². The Bertz CT molecular complexity index is 1060. The van der Waals surface area contributed by atoms with E-state index in [1.807, 2.05) is 0 Å². The van der Waals surface area contributed by atoms with Crippen molar-refractivity contribution in [1.82, 2.24) is 10.6 Å². The number of amides is 2.